The van der Waals surface area contributed by atoms with Crippen molar-refractivity contribution in [2.24, 2.45) is 16.3 Å². The van der Waals surface area contributed by atoms with E-state index in [-0.39, 0.29) is 18.2 Å². The number of hydrogen-bond donors (Lipinski definition) is 3. The molecule has 0 aromatic heterocycles. The molecule has 0 aromatic carbocycles. The van der Waals surface area contributed by atoms with Gasteiger partial charge in [0.25, 0.3) is 0 Å². The van der Waals surface area contributed by atoms with Crippen molar-refractivity contribution in [3.8, 4) is 0 Å². The summed E-state index contributed by atoms with van der Waals surface area (Å²) in [4.78, 5) is 21.8. The molecule has 0 atom stereocenters. The minimum atomic E-state index is -0.570. The topological polar surface area (TPSA) is 98.2 Å². The number of primary amides is 1. The summed E-state index contributed by atoms with van der Waals surface area (Å²) in [5.74, 6) is -0.626. The predicted molar refractivity (Wildman–Crippen MR) is 45.4 cm³/mol. The molecule has 0 aliphatic heterocycles. The highest BCUT2D eigenvalue weighted by atomic mass is 32.2. The lowest BCUT2D eigenvalue weighted by Crippen LogP contribution is -2.30. The summed E-state index contributed by atoms with van der Waals surface area (Å²) in [5, 5.41) is 5.01. The van der Waals surface area contributed by atoms with Crippen LogP contribution in [0.4, 0.5) is 0 Å². The van der Waals surface area contributed by atoms with Crippen LogP contribution >= 0.6 is 12.1 Å². The third-order valence-corrected chi connectivity index (χ3v) is 2.39. The molecule has 1 fully saturated rings. The lowest BCUT2D eigenvalue weighted by molar-refractivity contribution is -0.128. The van der Waals surface area contributed by atoms with Gasteiger partial charge < -0.3 is 5.73 Å². The summed E-state index contributed by atoms with van der Waals surface area (Å²) in [6.45, 7) is 0. The van der Waals surface area contributed by atoms with Crippen molar-refractivity contribution in [3.63, 3.8) is 0 Å². The fourth-order valence-corrected chi connectivity index (χ4v) is 1.27. The van der Waals surface area contributed by atoms with E-state index in [0.29, 0.717) is 12.8 Å². The Hall–Kier alpha value is -0.750. The average Bonchev–Trinajstić information content (AvgIpc) is 2.69. The van der Waals surface area contributed by atoms with Crippen molar-refractivity contribution < 1.29 is 9.59 Å². The van der Waals surface area contributed by atoms with Gasteiger partial charge in [-0.2, -0.15) is 0 Å². The largest absolute Gasteiger partial charge is 0.369 e. The number of nitrogens with two attached hydrogens (primary N) is 2. The Kier molecular flexibility index (Phi) is 2.58. The lowest BCUT2D eigenvalue weighted by Gasteiger charge is -2.08. The second-order valence-corrected chi connectivity index (χ2v) is 3.40. The second-order valence-electron chi connectivity index (χ2n) is 2.96. The molecule has 5 nitrogen and oxygen atoms in total. The smallest absolute Gasteiger partial charge is 0.231 e. The van der Waals surface area contributed by atoms with Gasteiger partial charge in [0, 0.05) is 18.6 Å². The van der Waals surface area contributed by atoms with E-state index in [0.717, 1.165) is 12.1 Å². The minimum absolute atomic E-state index is 0.159. The zero-order valence-electron chi connectivity index (χ0n) is 6.50. The van der Waals surface area contributed by atoms with Crippen LogP contribution in [0.25, 0.3) is 0 Å². The van der Waals surface area contributed by atoms with E-state index in [4.69, 9.17) is 10.9 Å². The van der Waals surface area contributed by atoms with E-state index in [1.807, 2.05) is 0 Å². The Balaban J connectivity index is 2.40. The van der Waals surface area contributed by atoms with E-state index in [1.165, 1.54) is 0 Å². The molecule has 12 heavy (non-hydrogen) atoms. The van der Waals surface area contributed by atoms with Gasteiger partial charge in [0.15, 0.2) is 0 Å². The maximum absolute atomic E-state index is 11.0. The Bertz CT molecular complexity index is 215. The molecule has 0 spiro atoms. The van der Waals surface area contributed by atoms with E-state index in [2.05, 4.69) is 4.72 Å². The first-order chi connectivity index (χ1) is 5.60. The minimum Gasteiger partial charge on any atom is -0.369 e. The highest BCUT2D eigenvalue weighted by Gasteiger charge is 2.49. The zero-order chi connectivity index (χ0) is 9.19. The van der Waals surface area contributed by atoms with Crippen molar-refractivity contribution >= 4 is 23.9 Å². The van der Waals surface area contributed by atoms with Gasteiger partial charge in [-0.15, -0.1) is 0 Å². The number of rotatable bonds is 4. The Morgan fingerprint density at radius 1 is 1.50 bits per heavy atom. The molecule has 0 aromatic rings. The highest BCUT2D eigenvalue weighted by Crippen LogP contribution is 2.48. The van der Waals surface area contributed by atoms with Crippen LogP contribution < -0.4 is 15.6 Å². The number of carbonyl (C=O) groups excluding carboxylic acids is 2. The van der Waals surface area contributed by atoms with Crippen LogP contribution in [0.3, 0.4) is 0 Å². The van der Waals surface area contributed by atoms with Crippen LogP contribution in [0, 0.1) is 5.41 Å². The van der Waals surface area contributed by atoms with Crippen LogP contribution in [0.2, 0.25) is 0 Å². The second kappa shape index (κ2) is 3.32. The molecule has 0 radical (unpaired) electrons. The quantitative estimate of drug-likeness (QED) is 0.508. The molecule has 6 heteroatoms. The molecule has 2 amide bonds. The Morgan fingerprint density at radius 3 is 2.42 bits per heavy atom. The van der Waals surface area contributed by atoms with Crippen molar-refractivity contribution in [2.75, 3.05) is 0 Å². The number of hydrogen-bond acceptors (Lipinski definition) is 4. The van der Waals surface area contributed by atoms with Crippen LogP contribution in [0.15, 0.2) is 0 Å². The fourth-order valence-electron chi connectivity index (χ4n) is 1.07. The van der Waals surface area contributed by atoms with Crippen LogP contribution in [-0.2, 0) is 9.59 Å². The molecule has 5 N–H and O–H groups in total. The first kappa shape index (κ1) is 9.34. The van der Waals surface area contributed by atoms with Crippen molar-refractivity contribution in [1.82, 2.24) is 4.72 Å². The van der Waals surface area contributed by atoms with Gasteiger partial charge in [-0.25, -0.2) is 0 Å². The summed E-state index contributed by atoms with van der Waals surface area (Å²) in [6.07, 6.45) is 1.59. The van der Waals surface area contributed by atoms with E-state index < -0.39 is 5.41 Å². The molecular formula is C6H11N3O2S. The lowest BCUT2D eigenvalue weighted by atomic mass is 10.0. The highest BCUT2D eigenvalue weighted by molar-refractivity contribution is 7.95. The third-order valence-electron chi connectivity index (χ3n) is 2.05. The normalized spacial score (nSPS) is 18.4. The van der Waals surface area contributed by atoms with Gasteiger partial charge >= 0.3 is 0 Å². The first-order valence-electron chi connectivity index (χ1n) is 3.55. The molecule has 1 saturated carbocycles. The zero-order valence-corrected chi connectivity index (χ0v) is 7.32. The maximum Gasteiger partial charge on any atom is 0.231 e. The maximum atomic E-state index is 11.0. The number of carbonyl (C=O) groups is 2. The van der Waals surface area contributed by atoms with Crippen LogP contribution in [-0.4, -0.2) is 11.8 Å². The standard InChI is InChI=1S/C6H11N3O2S/c7-5(11)6(1-2-6)3-4(10)9-12-8/h1-3,8H2,(H2,7,11)(H,9,10). The van der Waals surface area contributed by atoms with Crippen LogP contribution in [0.1, 0.15) is 19.3 Å². The number of amides is 2. The van der Waals surface area contributed by atoms with Gasteiger partial charge in [0.1, 0.15) is 0 Å². The molecule has 68 valence electrons. The summed E-state index contributed by atoms with van der Waals surface area (Å²) >= 11 is 0.738. The molecule has 0 saturated heterocycles. The molecule has 1 aliphatic carbocycles. The molecule has 1 aliphatic rings. The van der Waals surface area contributed by atoms with Gasteiger partial charge in [-0.05, 0) is 12.8 Å². The number of nitrogens with one attached hydrogen (secondary N) is 1. The Labute approximate surface area is 74.5 Å². The van der Waals surface area contributed by atoms with Crippen molar-refractivity contribution in [2.45, 2.75) is 19.3 Å². The fraction of sp³-hybridized carbons (Fsp3) is 0.667. The predicted octanol–water partition coefficient (Wildman–Crippen LogP) is -0.720. The van der Waals surface area contributed by atoms with Crippen molar-refractivity contribution in [3.05, 3.63) is 0 Å². The molecule has 0 heterocycles. The van der Waals surface area contributed by atoms with E-state index >= 15 is 0 Å². The van der Waals surface area contributed by atoms with Gasteiger partial charge in [-0.3, -0.25) is 19.5 Å². The van der Waals surface area contributed by atoms with E-state index in [1.54, 1.807) is 0 Å². The Morgan fingerprint density at radius 2 is 2.08 bits per heavy atom. The third kappa shape index (κ3) is 1.89. The SMILES string of the molecule is NSNC(=O)CC1(C(N)=O)CC1. The van der Waals surface area contributed by atoms with Gasteiger partial charge in [0.05, 0.1) is 5.41 Å². The summed E-state index contributed by atoms with van der Waals surface area (Å²) in [5.41, 5.74) is 4.55. The summed E-state index contributed by atoms with van der Waals surface area (Å²) in [6, 6.07) is 0. The average molecular weight is 189 g/mol. The van der Waals surface area contributed by atoms with Crippen LogP contribution in [0.5, 0.6) is 0 Å². The van der Waals surface area contributed by atoms with E-state index in [9.17, 15) is 9.59 Å². The monoisotopic (exact) mass is 189 g/mol. The van der Waals surface area contributed by atoms with Gasteiger partial charge in [0.2, 0.25) is 11.8 Å². The molecule has 0 bridgehead atoms. The van der Waals surface area contributed by atoms with Gasteiger partial charge in [-0.1, -0.05) is 0 Å². The molecule has 0 unspecified atom stereocenters. The molecular weight excluding hydrogens is 178 g/mol. The van der Waals surface area contributed by atoms with Crippen molar-refractivity contribution in [1.29, 1.82) is 0 Å². The molecule has 1 rings (SSSR count). The summed E-state index contributed by atoms with van der Waals surface area (Å²) in [7, 11) is 0. The summed E-state index contributed by atoms with van der Waals surface area (Å²) < 4.78 is 2.34. The first-order valence-corrected chi connectivity index (χ1v) is 4.43.